The Hall–Kier alpha value is -1.62. The van der Waals surface area contributed by atoms with Crippen molar-refractivity contribution >= 4 is 11.9 Å². The first-order valence-corrected chi connectivity index (χ1v) is 9.57. The number of rotatable bonds is 15. The molecule has 0 aromatic carbocycles. The molecule has 4 nitrogen and oxygen atoms in total. The Balaban J connectivity index is 5.24. The van der Waals surface area contributed by atoms with Crippen molar-refractivity contribution < 1.29 is 54.2 Å². The maximum absolute atomic E-state index is 13.7. The maximum atomic E-state index is 13.7. The molecule has 30 heavy (non-hydrogen) atoms. The van der Waals surface area contributed by atoms with Gasteiger partial charge in [0.05, 0.1) is 13.2 Å². The van der Waals surface area contributed by atoms with E-state index in [-0.39, 0.29) is 12.8 Å². The first-order valence-electron chi connectivity index (χ1n) is 9.57. The van der Waals surface area contributed by atoms with Crippen LogP contribution >= 0.6 is 0 Å². The van der Waals surface area contributed by atoms with Gasteiger partial charge in [0.2, 0.25) is 0 Å². The molecule has 0 saturated heterocycles. The van der Waals surface area contributed by atoms with E-state index >= 15 is 0 Å². The van der Waals surface area contributed by atoms with Crippen LogP contribution in [0.15, 0.2) is 0 Å². The molecular formula is C18H26F8O4. The van der Waals surface area contributed by atoms with E-state index in [0.717, 1.165) is 0 Å². The van der Waals surface area contributed by atoms with Gasteiger partial charge in [-0.1, -0.05) is 52.4 Å². The Morgan fingerprint density at radius 3 is 1.13 bits per heavy atom. The first-order chi connectivity index (χ1) is 13.7. The summed E-state index contributed by atoms with van der Waals surface area (Å²) in [6.45, 7) is 2.01. The van der Waals surface area contributed by atoms with Gasteiger partial charge >= 0.3 is 35.6 Å². The van der Waals surface area contributed by atoms with Gasteiger partial charge in [0.25, 0.3) is 0 Å². The van der Waals surface area contributed by atoms with Gasteiger partial charge < -0.3 is 9.47 Å². The third kappa shape index (κ3) is 6.44. The fraction of sp³-hybridized carbons (Fsp3) is 0.889. The predicted octanol–water partition coefficient (Wildman–Crippen LogP) is 5.77. The molecule has 0 radical (unpaired) electrons. The summed E-state index contributed by atoms with van der Waals surface area (Å²) in [4.78, 5) is 22.4. The number of ether oxygens (including phenoxy) is 2. The zero-order valence-electron chi connectivity index (χ0n) is 16.7. The molecule has 0 aromatic rings. The second-order valence-electron chi connectivity index (χ2n) is 6.69. The second kappa shape index (κ2) is 11.7. The van der Waals surface area contributed by atoms with Gasteiger partial charge in [-0.25, -0.2) is 9.59 Å². The quantitative estimate of drug-likeness (QED) is 0.178. The number of esters is 2. The molecule has 0 N–H and O–H groups in total. The van der Waals surface area contributed by atoms with Crippen molar-refractivity contribution in [3.05, 3.63) is 0 Å². The van der Waals surface area contributed by atoms with Crippen LogP contribution in [0.1, 0.15) is 65.2 Å². The Morgan fingerprint density at radius 2 is 0.867 bits per heavy atom. The van der Waals surface area contributed by atoms with Crippen molar-refractivity contribution in [3.63, 3.8) is 0 Å². The minimum absolute atomic E-state index is 0.0157. The van der Waals surface area contributed by atoms with E-state index in [4.69, 9.17) is 0 Å². The molecule has 0 bridgehead atoms. The minimum Gasteiger partial charge on any atom is -0.461 e. The molecule has 0 aliphatic carbocycles. The van der Waals surface area contributed by atoms with Crippen LogP contribution in [-0.4, -0.2) is 48.8 Å². The zero-order chi connectivity index (χ0) is 23.6. The van der Waals surface area contributed by atoms with E-state index < -0.39 is 48.8 Å². The van der Waals surface area contributed by atoms with Crippen molar-refractivity contribution in [3.8, 4) is 0 Å². The molecule has 0 spiro atoms. The highest BCUT2D eigenvalue weighted by molar-refractivity contribution is 5.82. The summed E-state index contributed by atoms with van der Waals surface area (Å²) in [5, 5.41) is 0. The third-order valence-corrected chi connectivity index (χ3v) is 4.16. The minimum atomic E-state index is -6.93. The highest BCUT2D eigenvalue weighted by atomic mass is 19.4. The molecule has 0 atom stereocenters. The molecule has 12 heteroatoms. The molecule has 0 unspecified atom stereocenters. The molecule has 0 aliphatic rings. The predicted molar refractivity (Wildman–Crippen MR) is 90.0 cm³/mol. The molecule has 0 fully saturated rings. The largest absolute Gasteiger partial charge is 0.461 e. The van der Waals surface area contributed by atoms with Crippen LogP contribution in [-0.2, 0) is 19.1 Å². The molecule has 0 aromatic heterocycles. The number of carbonyl (C=O) groups is 2. The van der Waals surface area contributed by atoms with Gasteiger partial charge in [-0.15, -0.1) is 0 Å². The number of halogens is 8. The number of alkyl halides is 8. The molecular weight excluding hydrogens is 432 g/mol. The van der Waals surface area contributed by atoms with Crippen LogP contribution in [0.5, 0.6) is 0 Å². The standard InChI is InChI=1S/C18H26F8O4/c1-3-5-7-9-11-29-13(27)15(19,20)17(23,24)18(25,26)16(21,22)14(28)30-12-10-8-6-4-2/h3-12H2,1-2H3. The van der Waals surface area contributed by atoms with E-state index in [2.05, 4.69) is 9.47 Å². The number of hydrogen-bond donors (Lipinski definition) is 0. The summed E-state index contributed by atoms with van der Waals surface area (Å²) in [7, 11) is 0. The maximum Gasteiger partial charge on any atom is 0.411 e. The molecule has 0 amide bonds. The highest BCUT2D eigenvalue weighted by Gasteiger charge is 2.85. The molecule has 178 valence electrons. The van der Waals surface area contributed by atoms with E-state index in [1.54, 1.807) is 13.8 Å². The van der Waals surface area contributed by atoms with Gasteiger partial charge in [0, 0.05) is 0 Å². The van der Waals surface area contributed by atoms with Crippen molar-refractivity contribution in [2.45, 2.75) is 88.9 Å². The molecule has 0 heterocycles. The van der Waals surface area contributed by atoms with Crippen LogP contribution < -0.4 is 0 Å². The zero-order valence-corrected chi connectivity index (χ0v) is 16.7. The van der Waals surface area contributed by atoms with E-state index in [1.807, 2.05) is 0 Å². The van der Waals surface area contributed by atoms with Gasteiger partial charge in [0.15, 0.2) is 0 Å². The summed E-state index contributed by atoms with van der Waals surface area (Å²) in [6, 6.07) is 0. The highest BCUT2D eigenvalue weighted by Crippen LogP contribution is 2.53. The number of unbranched alkanes of at least 4 members (excludes halogenated alkanes) is 6. The van der Waals surface area contributed by atoms with Crippen LogP contribution in [0.25, 0.3) is 0 Å². The average Bonchev–Trinajstić information content (AvgIpc) is 2.66. The SMILES string of the molecule is CCCCCCOC(=O)C(F)(F)C(F)(F)C(F)(F)C(F)(F)C(=O)OCCCCCC. The summed E-state index contributed by atoms with van der Waals surface area (Å²) in [5.41, 5.74) is 0. The topological polar surface area (TPSA) is 52.6 Å². The summed E-state index contributed by atoms with van der Waals surface area (Å²) >= 11 is 0. The fourth-order valence-electron chi connectivity index (χ4n) is 2.22. The van der Waals surface area contributed by atoms with Crippen LogP contribution in [0, 0.1) is 0 Å². The fourth-order valence-corrected chi connectivity index (χ4v) is 2.22. The van der Waals surface area contributed by atoms with E-state index in [0.29, 0.717) is 38.5 Å². The van der Waals surface area contributed by atoms with Gasteiger partial charge in [-0.05, 0) is 12.8 Å². The molecule has 0 rings (SSSR count). The lowest BCUT2D eigenvalue weighted by atomic mass is 9.98. The Labute approximate surface area is 169 Å². The lowest BCUT2D eigenvalue weighted by molar-refractivity contribution is -0.354. The Morgan fingerprint density at radius 1 is 0.567 bits per heavy atom. The van der Waals surface area contributed by atoms with E-state index in [1.165, 1.54) is 0 Å². The Bertz CT molecular complexity index is 504. The van der Waals surface area contributed by atoms with Crippen molar-refractivity contribution in [2.24, 2.45) is 0 Å². The van der Waals surface area contributed by atoms with Crippen molar-refractivity contribution in [1.82, 2.24) is 0 Å². The number of hydrogen-bond acceptors (Lipinski definition) is 4. The van der Waals surface area contributed by atoms with Crippen molar-refractivity contribution in [1.29, 1.82) is 0 Å². The van der Waals surface area contributed by atoms with Gasteiger partial charge in [0.1, 0.15) is 0 Å². The molecule has 0 aliphatic heterocycles. The monoisotopic (exact) mass is 458 g/mol. The summed E-state index contributed by atoms with van der Waals surface area (Å²) in [6.07, 6.45) is 3.35. The van der Waals surface area contributed by atoms with Crippen LogP contribution in [0.2, 0.25) is 0 Å². The second-order valence-corrected chi connectivity index (χ2v) is 6.69. The van der Waals surface area contributed by atoms with Gasteiger partial charge in [-0.2, -0.15) is 35.1 Å². The average molecular weight is 458 g/mol. The third-order valence-electron chi connectivity index (χ3n) is 4.16. The smallest absolute Gasteiger partial charge is 0.411 e. The number of carbonyl (C=O) groups excluding carboxylic acids is 2. The normalized spacial score (nSPS) is 13.3. The Kier molecular flexibility index (Phi) is 11.1. The lowest BCUT2D eigenvalue weighted by Gasteiger charge is -2.34. The van der Waals surface area contributed by atoms with Gasteiger partial charge in [-0.3, -0.25) is 0 Å². The van der Waals surface area contributed by atoms with E-state index in [9.17, 15) is 44.7 Å². The van der Waals surface area contributed by atoms with Crippen molar-refractivity contribution in [2.75, 3.05) is 13.2 Å². The summed E-state index contributed by atoms with van der Waals surface area (Å²) < 4.78 is 117. The molecule has 0 saturated carbocycles. The van der Waals surface area contributed by atoms with Crippen LogP contribution in [0.3, 0.4) is 0 Å². The summed E-state index contributed by atoms with van der Waals surface area (Å²) in [5.74, 6) is -32.7. The lowest BCUT2D eigenvalue weighted by Crippen LogP contribution is -2.66. The first kappa shape index (κ1) is 28.4. The van der Waals surface area contributed by atoms with Crippen LogP contribution in [0.4, 0.5) is 35.1 Å².